The van der Waals surface area contributed by atoms with E-state index in [4.69, 9.17) is 4.74 Å². The zero-order valence-corrected chi connectivity index (χ0v) is 17.3. The van der Waals surface area contributed by atoms with Gasteiger partial charge in [-0.15, -0.1) is 0 Å². The number of nitrogens with one attached hydrogen (secondary N) is 2. The highest BCUT2D eigenvalue weighted by atomic mass is 16.5. The number of benzene rings is 1. The number of hydrogen-bond acceptors (Lipinski definition) is 4. The van der Waals surface area contributed by atoms with Crippen LogP contribution in [0.4, 0.5) is 4.79 Å². The molecule has 7 nitrogen and oxygen atoms in total. The van der Waals surface area contributed by atoms with Crippen molar-refractivity contribution in [3.8, 4) is 0 Å². The van der Waals surface area contributed by atoms with Crippen LogP contribution in [0.5, 0.6) is 0 Å². The Labute approximate surface area is 167 Å². The molecule has 154 valence electrons. The Morgan fingerprint density at radius 1 is 1.39 bits per heavy atom. The number of para-hydroxylation sites is 1. The molecule has 2 heterocycles. The molecular weight excluding hydrogens is 354 g/mol. The number of H-pyrrole nitrogens is 1. The summed E-state index contributed by atoms with van der Waals surface area (Å²) in [5.41, 5.74) is 3.24. The van der Waals surface area contributed by atoms with E-state index in [1.54, 1.807) is 0 Å². The van der Waals surface area contributed by atoms with Crippen LogP contribution >= 0.6 is 0 Å². The summed E-state index contributed by atoms with van der Waals surface area (Å²) in [6, 6.07) is 6.60. The third-order valence-electron chi connectivity index (χ3n) is 5.56. The number of fused-ring (bicyclic) bond motifs is 1. The molecule has 28 heavy (non-hydrogen) atoms. The Morgan fingerprint density at radius 2 is 2.18 bits per heavy atom. The number of carbonyl (C=O) groups excluding carboxylic acids is 1. The first-order chi connectivity index (χ1) is 13.6. The number of aryl methyl sites for hydroxylation is 1. The van der Waals surface area contributed by atoms with Crippen LogP contribution in [0.25, 0.3) is 11.0 Å². The lowest BCUT2D eigenvalue weighted by atomic mass is 10.2. The SMILES string of the molecule is CCN(CCc1nc2c(C)cccc2[nH]1)C(=O)NCCC(C)N1CCOCC1. The number of morpholine rings is 1. The number of aromatic amines is 1. The number of likely N-dealkylation sites (N-methyl/N-ethyl adjacent to an activating group) is 1. The summed E-state index contributed by atoms with van der Waals surface area (Å²) in [6.07, 6.45) is 1.67. The van der Waals surface area contributed by atoms with Crippen molar-refractivity contribution in [1.29, 1.82) is 0 Å². The molecule has 0 spiro atoms. The first-order valence-electron chi connectivity index (χ1n) is 10.4. The Bertz CT molecular complexity index is 769. The van der Waals surface area contributed by atoms with E-state index in [9.17, 15) is 4.79 Å². The van der Waals surface area contributed by atoms with Gasteiger partial charge >= 0.3 is 6.03 Å². The van der Waals surface area contributed by atoms with Gasteiger partial charge in [0, 0.05) is 45.2 Å². The normalized spacial score (nSPS) is 16.2. The van der Waals surface area contributed by atoms with Gasteiger partial charge in [0.1, 0.15) is 5.82 Å². The summed E-state index contributed by atoms with van der Waals surface area (Å²) in [7, 11) is 0. The van der Waals surface area contributed by atoms with Gasteiger partial charge in [0.2, 0.25) is 0 Å². The van der Waals surface area contributed by atoms with E-state index in [-0.39, 0.29) is 6.03 Å². The number of rotatable bonds is 8. The quantitative estimate of drug-likeness (QED) is 0.730. The number of hydrogen-bond donors (Lipinski definition) is 2. The number of aromatic nitrogens is 2. The van der Waals surface area contributed by atoms with Crippen LogP contribution in [-0.4, -0.2) is 77.8 Å². The molecular formula is C21H33N5O2. The third kappa shape index (κ3) is 5.23. The summed E-state index contributed by atoms with van der Waals surface area (Å²) in [6.45, 7) is 11.9. The smallest absolute Gasteiger partial charge is 0.317 e. The maximum Gasteiger partial charge on any atom is 0.317 e. The molecule has 7 heteroatoms. The molecule has 0 bridgehead atoms. The topological polar surface area (TPSA) is 73.5 Å². The fourth-order valence-electron chi connectivity index (χ4n) is 3.69. The summed E-state index contributed by atoms with van der Waals surface area (Å²) in [5, 5.41) is 3.07. The van der Waals surface area contributed by atoms with Gasteiger partial charge in [-0.3, -0.25) is 4.90 Å². The molecule has 2 amide bonds. The minimum Gasteiger partial charge on any atom is -0.379 e. The lowest BCUT2D eigenvalue weighted by Gasteiger charge is -2.32. The molecule has 1 saturated heterocycles. The van der Waals surface area contributed by atoms with Gasteiger partial charge in [-0.2, -0.15) is 0 Å². The number of imidazole rings is 1. The molecule has 1 aromatic carbocycles. The van der Waals surface area contributed by atoms with Crippen LogP contribution in [0.15, 0.2) is 18.2 Å². The van der Waals surface area contributed by atoms with E-state index in [1.165, 1.54) is 5.56 Å². The van der Waals surface area contributed by atoms with Crippen molar-refractivity contribution in [2.24, 2.45) is 0 Å². The van der Waals surface area contributed by atoms with E-state index >= 15 is 0 Å². The van der Waals surface area contributed by atoms with Crippen LogP contribution in [-0.2, 0) is 11.2 Å². The Morgan fingerprint density at radius 3 is 2.89 bits per heavy atom. The summed E-state index contributed by atoms with van der Waals surface area (Å²) >= 11 is 0. The van der Waals surface area contributed by atoms with Crippen LogP contribution in [0.3, 0.4) is 0 Å². The van der Waals surface area contributed by atoms with Gasteiger partial charge in [0.25, 0.3) is 0 Å². The fraction of sp³-hybridized carbons (Fsp3) is 0.619. The molecule has 1 fully saturated rings. The van der Waals surface area contributed by atoms with Crippen LogP contribution < -0.4 is 5.32 Å². The molecule has 1 aliphatic rings. The van der Waals surface area contributed by atoms with Gasteiger partial charge < -0.3 is 19.9 Å². The Balaban J connectivity index is 1.44. The highest BCUT2D eigenvalue weighted by Crippen LogP contribution is 2.15. The number of nitrogens with zero attached hydrogens (tertiary/aromatic N) is 3. The Kier molecular flexibility index (Phi) is 7.28. The standard InChI is InChI=1S/C21H33N5O2/c1-4-25(11-9-19-23-18-7-5-6-16(2)20(18)24-19)21(27)22-10-8-17(3)26-12-14-28-15-13-26/h5-7,17H,4,8-15H2,1-3H3,(H,22,27)(H,23,24). The second-order valence-electron chi connectivity index (χ2n) is 7.50. The molecule has 0 saturated carbocycles. The molecule has 1 unspecified atom stereocenters. The van der Waals surface area contributed by atoms with Gasteiger partial charge in [-0.25, -0.2) is 9.78 Å². The van der Waals surface area contributed by atoms with Crippen LogP contribution in [0.1, 0.15) is 31.7 Å². The highest BCUT2D eigenvalue weighted by molar-refractivity contribution is 5.78. The summed E-state index contributed by atoms with van der Waals surface area (Å²) in [4.78, 5) is 24.9. The molecule has 3 rings (SSSR count). The van der Waals surface area contributed by atoms with Crippen molar-refractivity contribution in [2.45, 2.75) is 39.7 Å². The van der Waals surface area contributed by atoms with Crippen molar-refractivity contribution in [3.63, 3.8) is 0 Å². The fourth-order valence-corrected chi connectivity index (χ4v) is 3.69. The van der Waals surface area contributed by atoms with Crippen molar-refractivity contribution < 1.29 is 9.53 Å². The van der Waals surface area contributed by atoms with Gasteiger partial charge in [-0.05, 0) is 38.8 Å². The molecule has 1 atom stereocenters. The highest BCUT2D eigenvalue weighted by Gasteiger charge is 2.18. The zero-order valence-electron chi connectivity index (χ0n) is 17.3. The molecule has 1 aliphatic heterocycles. The largest absolute Gasteiger partial charge is 0.379 e. The van der Waals surface area contributed by atoms with Gasteiger partial charge in [-0.1, -0.05) is 12.1 Å². The van der Waals surface area contributed by atoms with Crippen LogP contribution in [0, 0.1) is 6.92 Å². The van der Waals surface area contributed by atoms with Crippen molar-refractivity contribution in [1.82, 2.24) is 25.1 Å². The number of amides is 2. The van der Waals surface area contributed by atoms with Crippen molar-refractivity contribution in [3.05, 3.63) is 29.6 Å². The first-order valence-corrected chi connectivity index (χ1v) is 10.4. The Hall–Kier alpha value is -2.12. The summed E-state index contributed by atoms with van der Waals surface area (Å²) < 4.78 is 5.40. The van der Waals surface area contributed by atoms with E-state index in [1.807, 2.05) is 24.0 Å². The number of urea groups is 1. The average Bonchev–Trinajstić information content (AvgIpc) is 3.13. The predicted molar refractivity (Wildman–Crippen MR) is 112 cm³/mol. The lowest BCUT2D eigenvalue weighted by molar-refractivity contribution is 0.0188. The zero-order chi connectivity index (χ0) is 19.9. The minimum absolute atomic E-state index is 0.00368. The molecule has 0 radical (unpaired) electrons. The molecule has 0 aliphatic carbocycles. The number of ether oxygens (including phenoxy) is 1. The van der Waals surface area contributed by atoms with E-state index in [2.05, 4.69) is 40.1 Å². The van der Waals surface area contributed by atoms with E-state index in [0.29, 0.717) is 25.7 Å². The van der Waals surface area contributed by atoms with Crippen LogP contribution in [0.2, 0.25) is 0 Å². The number of carbonyl (C=O) groups is 1. The first kappa shape index (κ1) is 20.6. The van der Waals surface area contributed by atoms with E-state index < -0.39 is 0 Å². The predicted octanol–water partition coefficient (Wildman–Crippen LogP) is 2.56. The molecule has 1 aromatic heterocycles. The second-order valence-corrected chi connectivity index (χ2v) is 7.50. The summed E-state index contributed by atoms with van der Waals surface area (Å²) in [5.74, 6) is 0.927. The van der Waals surface area contributed by atoms with Crippen molar-refractivity contribution >= 4 is 17.1 Å². The third-order valence-corrected chi connectivity index (χ3v) is 5.56. The second kappa shape index (κ2) is 9.89. The van der Waals surface area contributed by atoms with E-state index in [0.717, 1.165) is 56.0 Å². The monoisotopic (exact) mass is 387 g/mol. The van der Waals surface area contributed by atoms with Crippen molar-refractivity contribution in [2.75, 3.05) is 45.9 Å². The maximum absolute atomic E-state index is 12.5. The maximum atomic E-state index is 12.5. The van der Waals surface area contributed by atoms with Gasteiger partial charge in [0.05, 0.1) is 24.2 Å². The molecule has 2 N–H and O–H groups in total. The molecule has 2 aromatic rings. The minimum atomic E-state index is 0.00368. The van der Waals surface area contributed by atoms with Gasteiger partial charge in [0.15, 0.2) is 0 Å². The lowest BCUT2D eigenvalue weighted by Crippen LogP contribution is -2.45. The average molecular weight is 388 g/mol.